The van der Waals surface area contributed by atoms with Crippen LogP contribution in [0.2, 0.25) is 0 Å². The number of aryl methyl sites for hydroxylation is 2. The van der Waals surface area contributed by atoms with E-state index in [1.54, 1.807) is 10.7 Å². The fourth-order valence-electron chi connectivity index (χ4n) is 4.27. The third kappa shape index (κ3) is 4.19. The fourth-order valence-corrected chi connectivity index (χ4v) is 4.27. The smallest absolute Gasteiger partial charge is 0.254 e. The Labute approximate surface area is 187 Å². The van der Waals surface area contributed by atoms with Crippen molar-refractivity contribution in [3.05, 3.63) is 52.6 Å². The molecule has 0 unspecified atom stereocenters. The first-order chi connectivity index (χ1) is 15.3. The van der Waals surface area contributed by atoms with E-state index in [1.165, 1.54) is 13.2 Å². The van der Waals surface area contributed by atoms with Crippen LogP contribution in [0.3, 0.4) is 0 Å². The highest BCUT2D eigenvalue weighted by atomic mass is 19.1. The molecule has 0 spiro atoms. The largest absolute Gasteiger partial charge is 0.494 e. The quantitative estimate of drug-likeness (QED) is 0.609. The van der Waals surface area contributed by atoms with Crippen molar-refractivity contribution >= 4 is 16.9 Å². The summed E-state index contributed by atoms with van der Waals surface area (Å²) in [4.78, 5) is 22.4. The van der Waals surface area contributed by atoms with Crippen LogP contribution in [0.4, 0.5) is 4.39 Å². The van der Waals surface area contributed by atoms with Crippen LogP contribution in [-0.4, -0.2) is 63.8 Å². The lowest BCUT2D eigenvalue weighted by Crippen LogP contribution is -2.48. The summed E-state index contributed by atoms with van der Waals surface area (Å²) in [6.07, 6.45) is 0. The van der Waals surface area contributed by atoms with Gasteiger partial charge in [0.05, 0.1) is 23.8 Å². The van der Waals surface area contributed by atoms with Crippen LogP contribution in [0.15, 0.2) is 24.3 Å². The summed E-state index contributed by atoms with van der Waals surface area (Å²) >= 11 is 0. The van der Waals surface area contributed by atoms with E-state index in [0.717, 1.165) is 41.1 Å². The normalized spacial score (nSPS) is 15.0. The van der Waals surface area contributed by atoms with E-state index >= 15 is 0 Å². The van der Waals surface area contributed by atoms with Gasteiger partial charge in [-0.25, -0.2) is 9.37 Å². The van der Waals surface area contributed by atoms with Gasteiger partial charge in [0.1, 0.15) is 0 Å². The highest BCUT2D eigenvalue weighted by Crippen LogP contribution is 2.26. The van der Waals surface area contributed by atoms with Crippen LogP contribution < -0.4 is 4.74 Å². The van der Waals surface area contributed by atoms with Crippen molar-refractivity contribution in [2.75, 3.05) is 33.3 Å². The van der Waals surface area contributed by atoms with Crippen LogP contribution in [0, 0.1) is 12.7 Å². The minimum Gasteiger partial charge on any atom is -0.494 e. The van der Waals surface area contributed by atoms with Gasteiger partial charge in [-0.1, -0.05) is 19.9 Å². The Balaban J connectivity index is 1.50. The molecule has 0 aliphatic carbocycles. The Bertz CT molecular complexity index is 1150. The lowest BCUT2D eigenvalue weighted by molar-refractivity contribution is 0.0630. The van der Waals surface area contributed by atoms with Gasteiger partial charge in [0.25, 0.3) is 5.91 Å². The van der Waals surface area contributed by atoms with E-state index in [1.807, 2.05) is 31.0 Å². The maximum atomic E-state index is 14.0. The number of aromatic nitrogens is 3. The molecule has 1 fully saturated rings. The SMILES string of the molecule is COc1ccc(CN2CCN(C(=O)c3cc(C(C)C)nc4c3c(C)nn4C)CC2)cc1F. The number of methoxy groups -OCH3 is 1. The molecule has 3 aromatic rings. The number of fused-ring (bicyclic) bond motifs is 1. The first-order valence-corrected chi connectivity index (χ1v) is 11.0. The van der Waals surface area contributed by atoms with Gasteiger partial charge in [0.15, 0.2) is 17.2 Å². The summed E-state index contributed by atoms with van der Waals surface area (Å²) in [5.74, 6) is 0.126. The van der Waals surface area contributed by atoms with Crippen molar-refractivity contribution in [1.29, 1.82) is 0 Å². The van der Waals surface area contributed by atoms with Crippen molar-refractivity contribution in [2.45, 2.75) is 33.2 Å². The molecule has 0 N–H and O–H groups in total. The summed E-state index contributed by atoms with van der Waals surface area (Å²) in [5.41, 5.74) is 4.02. The third-order valence-corrected chi connectivity index (χ3v) is 6.09. The topological polar surface area (TPSA) is 63.5 Å². The molecule has 32 heavy (non-hydrogen) atoms. The molecule has 2 aromatic heterocycles. The number of nitrogens with zero attached hydrogens (tertiary/aromatic N) is 5. The van der Waals surface area contributed by atoms with Crippen LogP contribution in [0.25, 0.3) is 11.0 Å². The molecule has 0 radical (unpaired) electrons. The Hall–Kier alpha value is -3.00. The van der Waals surface area contributed by atoms with Crippen molar-refractivity contribution in [3.8, 4) is 5.75 Å². The lowest BCUT2D eigenvalue weighted by Gasteiger charge is -2.35. The molecule has 1 aliphatic rings. The van der Waals surface area contributed by atoms with Gasteiger partial charge < -0.3 is 9.64 Å². The van der Waals surface area contributed by atoms with E-state index in [9.17, 15) is 9.18 Å². The number of halogens is 1. The zero-order chi connectivity index (χ0) is 23.0. The molecule has 8 heteroatoms. The summed E-state index contributed by atoms with van der Waals surface area (Å²) < 4.78 is 20.7. The van der Waals surface area contributed by atoms with Gasteiger partial charge >= 0.3 is 0 Å². The molecule has 170 valence electrons. The second kappa shape index (κ2) is 8.86. The number of carbonyl (C=O) groups excluding carboxylic acids is 1. The van der Waals surface area contributed by atoms with Crippen LogP contribution >= 0.6 is 0 Å². The maximum Gasteiger partial charge on any atom is 0.254 e. The standard InChI is InChI=1S/C24H30FN5O2/c1-15(2)20-13-18(22-16(3)27-28(4)23(22)26-20)24(31)30-10-8-29(9-11-30)14-17-6-7-21(32-5)19(25)12-17/h6-7,12-13,15H,8-11,14H2,1-5H3. The molecule has 3 heterocycles. The predicted octanol–water partition coefficient (Wildman–Crippen LogP) is 3.51. The molecule has 0 saturated carbocycles. The van der Waals surface area contributed by atoms with Crippen molar-refractivity contribution in [1.82, 2.24) is 24.6 Å². The number of piperazine rings is 1. The summed E-state index contributed by atoms with van der Waals surface area (Å²) in [5, 5.41) is 5.32. The average Bonchev–Trinajstić information content (AvgIpc) is 3.07. The summed E-state index contributed by atoms with van der Waals surface area (Å²) in [6.45, 7) is 9.42. The minimum atomic E-state index is -0.353. The van der Waals surface area contributed by atoms with E-state index in [4.69, 9.17) is 9.72 Å². The number of hydrogen-bond donors (Lipinski definition) is 0. The number of amides is 1. The monoisotopic (exact) mass is 439 g/mol. The Morgan fingerprint density at radius 1 is 1.19 bits per heavy atom. The first-order valence-electron chi connectivity index (χ1n) is 11.0. The number of benzene rings is 1. The Morgan fingerprint density at radius 2 is 1.91 bits per heavy atom. The number of rotatable bonds is 5. The van der Waals surface area contributed by atoms with Crippen molar-refractivity contribution < 1.29 is 13.9 Å². The highest BCUT2D eigenvalue weighted by molar-refractivity contribution is 6.06. The molecule has 1 amide bonds. The predicted molar refractivity (Wildman–Crippen MR) is 121 cm³/mol. The van der Waals surface area contributed by atoms with E-state index in [2.05, 4.69) is 23.8 Å². The van der Waals surface area contributed by atoms with Crippen molar-refractivity contribution in [2.24, 2.45) is 7.05 Å². The summed E-state index contributed by atoms with van der Waals surface area (Å²) in [7, 11) is 3.32. The maximum absolute atomic E-state index is 14.0. The Kier molecular flexibility index (Phi) is 6.15. The molecule has 0 atom stereocenters. The fraction of sp³-hybridized carbons (Fsp3) is 0.458. The molecular weight excluding hydrogens is 409 g/mol. The third-order valence-electron chi connectivity index (χ3n) is 6.09. The first kappa shape index (κ1) is 22.2. The molecule has 4 rings (SSSR count). The molecule has 0 bridgehead atoms. The van der Waals surface area contributed by atoms with Crippen LogP contribution in [0.1, 0.15) is 47.1 Å². The van der Waals surface area contributed by atoms with Gasteiger partial charge in [-0.15, -0.1) is 0 Å². The molecule has 1 saturated heterocycles. The zero-order valence-corrected chi connectivity index (χ0v) is 19.4. The zero-order valence-electron chi connectivity index (χ0n) is 19.4. The van der Waals surface area contributed by atoms with Crippen molar-refractivity contribution in [3.63, 3.8) is 0 Å². The van der Waals surface area contributed by atoms with Gasteiger partial charge in [0, 0.05) is 45.5 Å². The van der Waals surface area contributed by atoms with E-state index < -0.39 is 0 Å². The number of ether oxygens (including phenoxy) is 1. The van der Waals surface area contributed by atoms with E-state index in [0.29, 0.717) is 25.2 Å². The van der Waals surface area contributed by atoms with Gasteiger partial charge in [-0.3, -0.25) is 14.4 Å². The number of pyridine rings is 1. The molecule has 1 aliphatic heterocycles. The molecular formula is C24H30FN5O2. The van der Waals surface area contributed by atoms with Crippen LogP contribution in [0.5, 0.6) is 5.75 Å². The van der Waals surface area contributed by atoms with Gasteiger partial charge in [0.2, 0.25) is 0 Å². The Morgan fingerprint density at radius 3 is 2.53 bits per heavy atom. The molecule has 1 aromatic carbocycles. The minimum absolute atomic E-state index is 0.0190. The van der Waals surface area contributed by atoms with E-state index in [-0.39, 0.29) is 23.4 Å². The lowest BCUT2D eigenvalue weighted by atomic mass is 10.0. The number of hydrogen-bond acceptors (Lipinski definition) is 5. The van der Waals surface area contributed by atoms with Gasteiger partial charge in [-0.05, 0) is 36.6 Å². The second-order valence-corrected chi connectivity index (χ2v) is 8.69. The second-order valence-electron chi connectivity index (χ2n) is 8.69. The molecule has 7 nitrogen and oxygen atoms in total. The summed E-state index contributed by atoms with van der Waals surface area (Å²) in [6, 6.07) is 6.98. The van der Waals surface area contributed by atoms with Gasteiger partial charge in [-0.2, -0.15) is 5.10 Å². The highest BCUT2D eigenvalue weighted by Gasteiger charge is 2.26. The number of carbonyl (C=O) groups is 1. The van der Waals surface area contributed by atoms with Crippen LogP contribution in [-0.2, 0) is 13.6 Å². The average molecular weight is 440 g/mol.